The van der Waals surface area contributed by atoms with Crippen LogP contribution in [0, 0.1) is 5.92 Å². The van der Waals surface area contributed by atoms with E-state index in [9.17, 15) is 4.79 Å². The number of carbonyl (C=O) groups is 1. The minimum Gasteiger partial charge on any atom is -0.352 e. The Morgan fingerprint density at radius 2 is 1.62 bits per heavy atom. The van der Waals surface area contributed by atoms with E-state index >= 15 is 0 Å². The van der Waals surface area contributed by atoms with E-state index in [1.54, 1.807) is 0 Å². The second-order valence-electron chi connectivity index (χ2n) is 8.50. The highest BCUT2D eigenvalue weighted by atomic mass is 16.1. The minimum atomic E-state index is 0.303. The summed E-state index contributed by atoms with van der Waals surface area (Å²) in [5.41, 5.74) is 0. The molecule has 1 unspecified atom stereocenters. The zero-order valence-corrected chi connectivity index (χ0v) is 15.6. The van der Waals surface area contributed by atoms with Gasteiger partial charge in [0.1, 0.15) is 0 Å². The first kappa shape index (κ1) is 18.2. The summed E-state index contributed by atoms with van der Waals surface area (Å²) in [5, 5.41) is 3.37. The second kappa shape index (κ2) is 9.19. The molecule has 0 aromatic carbocycles. The van der Waals surface area contributed by atoms with Gasteiger partial charge in [-0.15, -0.1) is 0 Å². The van der Waals surface area contributed by atoms with E-state index in [4.69, 9.17) is 0 Å². The molecule has 0 aromatic heterocycles. The first-order valence-electron chi connectivity index (χ1n) is 10.4. The standard InChI is InChI=1S/C20H37N3O/c1-22-13-10-17(11-14-22)15-20(24)21-18-7-6-12-23(16-18)19-8-4-2-3-5-9-19/h17-19H,2-16H2,1H3,(H,21,24). The summed E-state index contributed by atoms with van der Waals surface area (Å²) in [6, 6.07) is 1.17. The normalized spacial score (nSPS) is 29.3. The van der Waals surface area contributed by atoms with E-state index in [-0.39, 0.29) is 0 Å². The molecule has 1 N–H and O–H groups in total. The summed E-state index contributed by atoms with van der Waals surface area (Å²) in [5.74, 6) is 0.903. The van der Waals surface area contributed by atoms with E-state index in [2.05, 4.69) is 22.2 Å². The SMILES string of the molecule is CN1CCC(CC(=O)NC2CCCN(C3CCCCCC3)C2)CC1. The van der Waals surface area contributed by atoms with Crippen molar-refractivity contribution in [3.63, 3.8) is 0 Å². The maximum absolute atomic E-state index is 12.5. The average molecular weight is 336 g/mol. The molecule has 138 valence electrons. The molecule has 1 aliphatic carbocycles. The molecule has 4 heteroatoms. The molecule has 3 aliphatic rings. The maximum atomic E-state index is 12.5. The van der Waals surface area contributed by atoms with Crippen molar-refractivity contribution in [1.82, 2.24) is 15.1 Å². The quantitative estimate of drug-likeness (QED) is 0.802. The van der Waals surface area contributed by atoms with Gasteiger partial charge < -0.3 is 10.2 Å². The van der Waals surface area contributed by atoms with Gasteiger partial charge in [-0.2, -0.15) is 0 Å². The molecule has 3 fully saturated rings. The Morgan fingerprint density at radius 1 is 0.917 bits per heavy atom. The fourth-order valence-electron chi connectivity index (χ4n) is 4.89. The van der Waals surface area contributed by atoms with E-state index in [1.807, 2.05) is 0 Å². The molecule has 2 heterocycles. The summed E-state index contributed by atoms with van der Waals surface area (Å²) >= 11 is 0. The monoisotopic (exact) mass is 335 g/mol. The Balaban J connectivity index is 1.42. The molecule has 2 aliphatic heterocycles. The number of nitrogens with one attached hydrogen (secondary N) is 1. The van der Waals surface area contributed by atoms with Gasteiger partial charge in [0.05, 0.1) is 0 Å². The molecule has 1 saturated carbocycles. The highest BCUT2D eigenvalue weighted by Crippen LogP contribution is 2.25. The number of carbonyl (C=O) groups excluding carboxylic acids is 1. The lowest BCUT2D eigenvalue weighted by Gasteiger charge is -2.38. The third kappa shape index (κ3) is 5.45. The van der Waals surface area contributed by atoms with Crippen LogP contribution in [0.5, 0.6) is 0 Å². The molecular weight excluding hydrogens is 298 g/mol. The highest BCUT2D eigenvalue weighted by Gasteiger charge is 2.28. The van der Waals surface area contributed by atoms with Crippen molar-refractivity contribution >= 4 is 5.91 Å². The molecule has 0 spiro atoms. The van der Waals surface area contributed by atoms with Crippen LogP contribution in [-0.4, -0.2) is 61.0 Å². The molecule has 0 aromatic rings. The van der Waals surface area contributed by atoms with Gasteiger partial charge in [-0.1, -0.05) is 25.7 Å². The topological polar surface area (TPSA) is 35.6 Å². The van der Waals surface area contributed by atoms with Gasteiger partial charge in [-0.05, 0) is 71.1 Å². The predicted octanol–water partition coefficient (Wildman–Crippen LogP) is 3.02. The number of likely N-dealkylation sites (tertiary alicyclic amines) is 2. The summed E-state index contributed by atoms with van der Waals surface area (Å²) in [6.45, 7) is 4.63. The number of hydrogen-bond acceptors (Lipinski definition) is 3. The van der Waals surface area contributed by atoms with Gasteiger partial charge in [0.25, 0.3) is 0 Å². The second-order valence-corrected chi connectivity index (χ2v) is 8.50. The summed E-state index contributed by atoms with van der Waals surface area (Å²) in [7, 11) is 2.18. The van der Waals surface area contributed by atoms with E-state index in [0.29, 0.717) is 17.9 Å². The Kier molecular flexibility index (Phi) is 6.96. The van der Waals surface area contributed by atoms with Crippen molar-refractivity contribution in [3.05, 3.63) is 0 Å². The van der Waals surface area contributed by atoms with Crippen molar-refractivity contribution in [2.45, 2.75) is 82.7 Å². The van der Waals surface area contributed by atoms with Crippen LogP contribution >= 0.6 is 0 Å². The van der Waals surface area contributed by atoms with E-state index in [0.717, 1.165) is 32.1 Å². The van der Waals surface area contributed by atoms with Gasteiger partial charge in [0.15, 0.2) is 0 Å². The van der Waals surface area contributed by atoms with Gasteiger partial charge in [0, 0.05) is 25.0 Å². The third-order valence-corrected chi connectivity index (χ3v) is 6.47. The van der Waals surface area contributed by atoms with Crippen molar-refractivity contribution in [1.29, 1.82) is 0 Å². The van der Waals surface area contributed by atoms with Crippen LogP contribution < -0.4 is 5.32 Å². The number of rotatable bonds is 4. The predicted molar refractivity (Wildman–Crippen MR) is 99.1 cm³/mol. The van der Waals surface area contributed by atoms with E-state index < -0.39 is 0 Å². The molecule has 24 heavy (non-hydrogen) atoms. The molecule has 1 atom stereocenters. The van der Waals surface area contributed by atoms with Crippen molar-refractivity contribution in [2.75, 3.05) is 33.2 Å². The van der Waals surface area contributed by atoms with Crippen LogP contribution in [0.25, 0.3) is 0 Å². The number of piperidine rings is 2. The zero-order valence-electron chi connectivity index (χ0n) is 15.6. The van der Waals surface area contributed by atoms with Crippen LogP contribution in [0.2, 0.25) is 0 Å². The lowest BCUT2D eigenvalue weighted by Crippen LogP contribution is -2.51. The van der Waals surface area contributed by atoms with Crippen LogP contribution in [-0.2, 0) is 4.79 Å². The van der Waals surface area contributed by atoms with Crippen LogP contribution in [0.4, 0.5) is 0 Å². The van der Waals surface area contributed by atoms with Crippen LogP contribution in [0.15, 0.2) is 0 Å². The highest BCUT2D eigenvalue weighted by molar-refractivity contribution is 5.76. The number of amides is 1. The number of hydrogen-bond donors (Lipinski definition) is 1. The lowest BCUT2D eigenvalue weighted by molar-refractivity contribution is -0.123. The van der Waals surface area contributed by atoms with Gasteiger partial charge >= 0.3 is 0 Å². The summed E-state index contributed by atoms with van der Waals surface area (Å²) < 4.78 is 0. The minimum absolute atomic E-state index is 0.303. The summed E-state index contributed by atoms with van der Waals surface area (Å²) in [4.78, 5) is 17.5. The van der Waals surface area contributed by atoms with Gasteiger partial charge in [0.2, 0.25) is 5.91 Å². The van der Waals surface area contributed by atoms with Crippen LogP contribution in [0.3, 0.4) is 0 Å². The molecule has 3 rings (SSSR count). The molecule has 0 radical (unpaired) electrons. The van der Waals surface area contributed by atoms with E-state index in [1.165, 1.54) is 70.8 Å². The molecule has 2 saturated heterocycles. The average Bonchev–Trinajstić information content (AvgIpc) is 2.86. The zero-order chi connectivity index (χ0) is 16.8. The molecule has 1 amide bonds. The van der Waals surface area contributed by atoms with Crippen molar-refractivity contribution in [2.24, 2.45) is 5.92 Å². The molecule has 0 bridgehead atoms. The summed E-state index contributed by atoms with van der Waals surface area (Å²) in [6.07, 6.45) is 13.9. The molecule has 4 nitrogen and oxygen atoms in total. The molecular formula is C20H37N3O. The number of nitrogens with zero attached hydrogens (tertiary/aromatic N) is 2. The van der Waals surface area contributed by atoms with Crippen LogP contribution in [0.1, 0.15) is 70.6 Å². The Bertz CT molecular complexity index is 384. The fraction of sp³-hybridized carbons (Fsp3) is 0.950. The fourth-order valence-corrected chi connectivity index (χ4v) is 4.89. The Morgan fingerprint density at radius 3 is 2.33 bits per heavy atom. The largest absolute Gasteiger partial charge is 0.352 e. The first-order valence-corrected chi connectivity index (χ1v) is 10.4. The van der Waals surface area contributed by atoms with Gasteiger partial charge in [-0.3, -0.25) is 9.69 Å². The smallest absolute Gasteiger partial charge is 0.220 e. The van der Waals surface area contributed by atoms with Gasteiger partial charge in [-0.25, -0.2) is 0 Å². The maximum Gasteiger partial charge on any atom is 0.220 e. The first-order chi connectivity index (χ1) is 11.7. The Labute approximate surface area is 148 Å². The van der Waals surface area contributed by atoms with Crippen molar-refractivity contribution in [3.8, 4) is 0 Å². The lowest BCUT2D eigenvalue weighted by atomic mass is 9.93. The third-order valence-electron chi connectivity index (χ3n) is 6.47. The van der Waals surface area contributed by atoms with Crippen molar-refractivity contribution < 1.29 is 4.79 Å². The Hall–Kier alpha value is -0.610.